The van der Waals surface area contributed by atoms with Crippen molar-refractivity contribution < 1.29 is 37.0 Å². The molecule has 170 valence electrons. The van der Waals surface area contributed by atoms with Crippen LogP contribution < -0.4 is 0 Å². The molecule has 2 aromatic carbocycles. The van der Waals surface area contributed by atoms with Gasteiger partial charge in [0.2, 0.25) is 0 Å². The van der Waals surface area contributed by atoms with Gasteiger partial charge in [-0.25, -0.2) is 9.18 Å². The summed E-state index contributed by atoms with van der Waals surface area (Å²) in [6.07, 6.45) is -6.44. The molecule has 2 aliphatic rings. The summed E-state index contributed by atoms with van der Waals surface area (Å²) in [5.74, 6) is -1.42. The lowest BCUT2D eigenvalue weighted by Gasteiger charge is -2.26. The second-order valence-corrected chi connectivity index (χ2v) is 7.75. The molecule has 2 aliphatic heterocycles. The number of hydrogen-bond acceptors (Lipinski definition) is 4. The quantitative estimate of drug-likeness (QED) is 0.725. The molecule has 3 unspecified atom stereocenters. The zero-order valence-electron chi connectivity index (χ0n) is 16.8. The van der Waals surface area contributed by atoms with E-state index >= 15 is 0 Å². The van der Waals surface area contributed by atoms with E-state index in [0.29, 0.717) is 18.1 Å². The molecular formula is C22H20F4N2O4. The van der Waals surface area contributed by atoms with E-state index in [9.17, 15) is 32.3 Å². The Bertz CT molecular complexity index is 1010. The number of rotatable bonds is 3. The number of nitrogens with zero attached hydrogens (tertiary/aromatic N) is 2. The second kappa shape index (κ2) is 8.42. The molecule has 0 bridgehead atoms. The molecule has 3 atom stereocenters. The van der Waals surface area contributed by atoms with Crippen molar-refractivity contribution in [3.63, 3.8) is 0 Å². The summed E-state index contributed by atoms with van der Waals surface area (Å²) in [6, 6.07) is 9.80. The van der Waals surface area contributed by atoms with Gasteiger partial charge >= 0.3 is 12.3 Å². The van der Waals surface area contributed by atoms with Gasteiger partial charge in [-0.3, -0.25) is 4.79 Å². The van der Waals surface area contributed by atoms with Gasteiger partial charge in [0.15, 0.2) is 0 Å². The first-order valence-corrected chi connectivity index (χ1v) is 10.0. The molecule has 0 radical (unpaired) electrons. The van der Waals surface area contributed by atoms with Crippen molar-refractivity contribution in [2.24, 2.45) is 0 Å². The molecule has 0 aliphatic carbocycles. The molecule has 32 heavy (non-hydrogen) atoms. The fraction of sp³-hybridized carbons (Fsp3) is 0.364. The largest absolute Gasteiger partial charge is 0.444 e. The average molecular weight is 452 g/mol. The smallest absolute Gasteiger partial charge is 0.416 e. The second-order valence-electron chi connectivity index (χ2n) is 7.75. The van der Waals surface area contributed by atoms with Gasteiger partial charge in [-0.05, 0) is 30.7 Å². The maximum atomic E-state index is 14.0. The summed E-state index contributed by atoms with van der Waals surface area (Å²) < 4.78 is 58.5. The fourth-order valence-electron chi connectivity index (χ4n) is 4.43. The number of halogens is 4. The summed E-state index contributed by atoms with van der Waals surface area (Å²) in [5, 5.41) is 10.5. The first-order valence-electron chi connectivity index (χ1n) is 10.0. The Morgan fingerprint density at radius 2 is 1.78 bits per heavy atom. The summed E-state index contributed by atoms with van der Waals surface area (Å²) in [4.78, 5) is 28.1. The van der Waals surface area contributed by atoms with Gasteiger partial charge in [0.1, 0.15) is 12.4 Å². The number of ether oxygens (including phenoxy) is 1. The number of likely N-dealkylation sites (tertiary alicyclic amines) is 2. The molecule has 2 heterocycles. The molecule has 2 saturated heterocycles. The Kier molecular flexibility index (Phi) is 5.81. The SMILES string of the molecule is O=C(c1ccccc1)N1CC(O)C2C1CCN2C(=O)OCc1c(F)cccc1C(F)(F)F. The van der Waals surface area contributed by atoms with Crippen LogP contribution in [0, 0.1) is 5.82 Å². The highest BCUT2D eigenvalue weighted by Gasteiger charge is 2.52. The van der Waals surface area contributed by atoms with E-state index in [-0.39, 0.29) is 19.0 Å². The zero-order valence-corrected chi connectivity index (χ0v) is 16.8. The topological polar surface area (TPSA) is 70.1 Å². The standard InChI is InChI=1S/C22H20F4N2O4/c23-16-8-4-7-15(22(24,25)26)14(16)12-32-21(31)27-10-9-17-19(27)18(29)11-28(17)20(30)13-5-2-1-3-6-13/h1-8,17-19,29H,9-12H2. The van der Waals surface area contributed by atoms with E-state index < -0.39 is 54.0 Å². The van der Waals surface area contributed by atoms with Crippen LogP contribution in [-0.4, -0.2) is 58.2 Å². The number of carbonyl (C=O) groups is 2. The monoisotopic (exact) mass is 452 g/mol. The van der Waals surface area contributed by atoms with Gasteiger partial charge in [0.05, 0.1) is 23.8 Å². The number of carbonyl (C=O) groups excluding carboxylic acids is 2. The van der Waals surface area contributed by atoms with Crippen molar-refractivity contribution in [1.82, 2.24) is 9.80 Å². The number of benzene rings is 2. The van der Waals surface area contributed by atoms with Crippen LogP contribution in [0.2, 0.25) is 0 Å². The third-order valence-electron chi connectivity index (χ3n) is 5.88. The highest BCUT2D eigenvalue weighted by atomic mass is 19.4. The molecule has 4 rings (SSSR count). The number of amides is 2. The third kappa shape index (κ3) is 4.02. The zero-order chi connectivity index (χ0) is 23.0. The maximum absolute atomic E-state index is 14.0. The minimum Gasteiger partial charge on any atom is -0.444 e. The van der Waals surface area contributed by atoms with Crippen LogP contribution in [0.5, 0.6) is 0 Å². The lowest BCUT2D eigenvalue weighted by molar-refractivity contribution is -0.139. The number of fused-ring (bicyclic) bond motifs is 1. The van der Waals surface area contributed by atoms with E-state index in [1.807, 2.05) is 0 Å². The van der Waals surface area contributed by atoms with E-state index in [1.54, 1.807) is 30.3 Å². The summed E-state index contributed by atoms with van der Waals surface area (Å²) in [6.45, 7) is -0.747. The third-order valence-corrected chi connectivity index (χ3v) is 5.88. The first-order chi connectivity index (χ1) is 15.2. The first kappa shape index (κ1) is 22.1. The number of aliphatic hydroxyl groups excluding tert-OH is 1. The molecule has 10 heteroatoms. The number of alkyl halides is 3. The Labute approximate surface area is 181 Å². The van der Waals surface area contributed by atoms with E-state index in [2.05, 4.69) is 0 Å². The van der Waals surface area contributed by atoms with Gasteiger partial charge in [-0.15, -0.1) is 0 Å². The van der Waals surface area contributed by atoms with Gasteiger partial charge in [-0.1, -0.05) is 24.3 Å². The maximum Gasteiger partial charge on any atom is 0.416 e. The predicted molar refractivity (Wildman–Crippen MR) is 104 cm³/mol. The number of β-amino-alcohol motifs (C(OH)–C–C–N with tert-alkyl or cyclic N) is 1. The molecule has 2 amide bonds. The van der Waals surface area contributed by atoms with Crippen LogP contribution in [0.3, 0.4) is 0 Å². The van der Waals surface area contributed by atoms with Crippen molar-refractivity contribution in [3.05, 3.63) is 71.0 Å². The van der Waals surface area contributed by atoms with Crippen molar-refractivity contribution >= 4 is 12.0 Å². The minimum atomic E-state index is -4.80. The van der Waals surface area contributed by atoms with Crippen LogP contribution in [0.4, 0.5) is 22.4 Å². The van der Waals surface area contributed by atoms with Gasteiger partial charge < -0.3 is 19.6 Å². The molecule has 6 nitrogen and oxygen atoms in total. The molecule has 1 N–H and O–H groups in total. The molecule has 0 saturated carbocycles. The molecule has 2 fully saturated rings. The average Bonchev–Trinajstić information content (AvgIpc) is 3.33. The fourth-order valence-corrected chi connectivity index (χ4v) is 4.43. The van der Waals surface area contributed by atoms with Crippen molar-refractivity contribution in [1.29, 1.82) is 0 Å². The van der Waals surface area contributed by atoms with Crippen LogP contribution in [0.25, 0.3) is 0 Å². The summed E-state index contributed by atoms with van der Waals surface area (Å²) >= 11 is 0. The molecule has 0 aromatic heterocycles. The predicted octanol–water partition coefficient (Wildman–Crippen LogP) is 3.44. The Morgan fingerprint density at radius 1 is 1.06 bits per heavy atom. The van der Waals surface area contributed by atoms with Gasteiger partial charge in [0.25, 0.3) is 5.91 Å². The minimum absolute atomic E-state index is 0.0123. The van der Waals surface area contributed by atoms with Crippen LogP contribution in [0.15, 0.2) is 48.5 Å². The number of hydrogen-bond donors (Lipinski definition) is 1. The van der Waals surface area contributed by atoms with E-state index in [1.165, 1.54) is 9.80 Å². The lowest BCUT2D eigenvalue weighted by atomic mass is 10.1. The summed E-state index contributed by atoms with van der Waals surface area (Å²) in [5.41, 5.74) is -1.54. The van der Waals surface area contributed by atoms with Crippen LogP contribution in [-0.2, 0) is 17.5 Å². The van der Waals surface area contributed by atoms with Crippen molar-refractivity contribution in [2.45, 2.75) is 37.4 Å². The lowest BCUT2D eigenvalue weighted by Crippen LogP contribution is -2.45. The normalized spacial score (nSPS) is 22.7. The Hall–Kier alpha value is -3.14. The van der Waals surface area contributed by atoms with Gasteiger partial charge in [0, 0.05) is 24.2 Å². The van der Waals surface area contributed by atoms with E-state index in [0.717, 1.165) is 12.1 Å². The Morgan fingerprint density at radius 3 is 2.47 bits per heavy atom. The van der Waals surface area contributed by atoms with Gasteiger partial charge in [-0.2, -0.15) is 13.2 Å². The molecule has 2 aromatic rings. The summed E-state index contributed by atoms with van der Waals surface area (Å²) in [7, 11) is 0. The highest BCUT2D eigenvalue weighted by molar-refractivity contribution is 5.94. The van der Waals surface area contributed by atoms with Crippen molar-refractivity contribution in [2.75, 3.05) is 13.1 Å². The molecular weight excluding hydrogens is 432 g/mol. The van der Waals surface area contributed by atoms with Crippen LogP contribution >= 0.6 is 0 Å². The molecule has 0 spiro atoms. The van der Waals surface area contributed by atoms with Crippen LogP contribution in [0.1, 0.15) is 27.9 Å². The van der Waals surface area contributed by atoms with E-state index in [4.69, 9.17) is 4.74 Å². The highest BCUT2D eigenvalue weighted by Crippen LogP contribution is 2.35. The Balaban J connectivity index is 1.46. The number of aliphatic hydroxyl groups is 1. The van der Waals surface area contributed by atoms with Crippen molar-refractivity contribution in [3.8, 4) is 0 Å².